The van der Waals surface area contributed by atoms with Gasteiger partial charge in [0, 0.05) is 24.5 Å². The van der Waals surface area contributed by atoms with E-state index in [0.717, 1.165) is 37.2 Å². The van der Waals surface area contributed by atoms with Crippen molar-refractivity contribution in [2.24, 2.45) is 5.73 Å². The number of alkyl halides is 3. The molecule has 38 heavy (non-hydrogen) atoms. The Hall–Kier alpha value is -3.14. The lowest BCUT2D eigenvalue weighted by molar-refractivity contribution is -0.137. The molecule has 5 N–H and O–H groups in total. The van der Waals surface area contributed by atoms with E-state index in [1.165, 1.54) is 24.7 Å². The lowest BCUT2D eigenvalue weighted by atomic mass is 10.1. The van der Waals surface area contributed by atoms with E-state index in [1.54, 1.807) is 0 Å². The molecule has 0 spiro atoms. The van der Waals surface area contributed by atoms with Crippen molar-refractivity contribution in [2.75, 3.05) is 18.4 Å². The minimum absolute atomic E-state index is 0.00600. The molecule has 0 atom stereocenters. The van der Waals surface area contributed by atoms with Crippen LogP contribution in [0.4, 0.5) is 29.2 Å². The van der Waals surface area contributed by atoms with E-state index in [2.05, 4.69) is 25.1 Å². The minimum Gasteiger partial charge on any atom is -0.389 e. The highest BCUT2D eigenvalue weighted by atomic mass is 32.2. The third-order valence-corrected chi connectivity index (χ3v) is 6.68. The van der Waals surface area contributed by atoms with Gasteiger partial charge in [0.05, 0.1) is 34.6 Å². The molecule has 15 heteroatoms. The maximum absolute atomic E-state index is 14.8. The Morgan fingerprint density at radius 3 is 2.50 bits per heavy atom. The topological polar surface area (TPSA) is 148 Å². The first-order chi connectivity index (χ1) is 17.7. The number of hydrogen-bond donors (Lipinski definition) is 4. The van der Waals surface area contributed by atoms with Crippen molar-refractivity contribution in [1.29, 1.82) is 0 Å². The third-order valence-electron chi connectivity index (χ3n) is 5.22. The molecule has 3 rings (SSSR count). The molecule has 3 aromatic rings. The number of aliphatic hydroxyl groups is 1. The maximum atomic E-state index is 14.8. The first-order valence-electron chi connectivity index (χ1n) is 11.7. The van der Waals surface area contributed by atoms with E-state index in [-0.39, 0.29) is 35.2 Å². The Morgan fingerprint density at radius 2 is 1.87 bits per heavy atom. The van der Waals surface area contributed by atoms with Crippen LogP contribution < -0.4 is 15.8 Å². The van der Waals surface area contributed by atoms with Gasteiger partial charge in [0.25, 0.3) is 0 Å². The van der Waals surface area contributed by atoms with E-state index in [1.807, 2.05) is 0 Å². The second kappa shape index (κ2) is 11.7. The minimum atomic E-state index is -4.79. The summed E-state index contributed by atoms with van der Waals surface area (Å²) in [6.45, 7) is 3.73. The van der Waals surface area contributed by atoms with Gasteiger partial charge in [-0.2, -0.15) is 18.3 Å². The molecular formula is C23H29F4N7O3S. The number of rotatable bonds is 12. The van der Waals surface area contributed by atoms with E-state index >= 15 is 0 Å². The maximum Gasteiger partial charge on any atom is 0.419 e. The van der Waals surface area contributed by atoms with Crippen molar-refractivity contribution in [3.63, 3.8) is 0 Å². The lowest BCUT2D eigenvalue weighted by Gasteiger charge is -2.16. The zero-order chi connectivity index (χ0) is 28.1. The largest absolute Gasteiger partial charge is 0.419 e. The van der Waals surface area contributed by atoms with Gasteiger partial charge >= 0.3 is 6.18 Å². The summed E-state index contributed by atoms with van der Waals surface area (Å²) in [7, 11) is -3.97. The van der Waals surface area contributed by atoms with Crippen LogP contribution in [0.15, 0.2) is 41.7 Å². The Bertz CT molecular complexity index is 1360. The zero-order valence-electron chi connectivity index (χ0n) is 20.8. The smallest absolute Gasteiger partial charge is 0.389 e. The number of nitrogens with zero attached hydrogens (tertiary/aromatic N) is 4. The van der Waals surface area contributed by atoms with E-state index in [9.17, 15) is 31.1 Å². The van der Waals surface area contributed by atoms with Gasteiger partial charge in [-0.15, -0.1) is 0 Å². The molecule has 0 amide bonds. The summed E-state index contributed by atoms with van der Waals surface area (Å²) >= 11 is 0. The van der Waals surface area contributed by atoms with E-state index < -0.39 is 38.9 Å². The molecule has 0 fully saturated rings. The van der Waals surface area contributed by atoms with Crippen LogP contribution in [0.5, 0.6) is 0 Å². The molecule has 0 unspecified atom stereocenters. The molecule has 10 nitrogen and oxygen atoms in total. The predicted octanol–water partition coefficient (Wildman–Crippen LogP) is 3.42. The van der Waals surface area contributed by atoms with Crippen LogP contribution in [0, 0.1) is 5.82 Å². The fraction of sp³-hybridized carbons (Fsp3) is 0.435. The average molecular weight is 560 g/mol. The molecule has 1 aromatic carbocycles. The molecule has 2 aromatic heterocycles. The zero-order valence-corrected chi connectivity index (χ0v) is 21.6. The van der Waals surface area contributed by atoms with Crippen LogP contribution in [0.2, 0.25) is 0 Å². The molecule has 208 valence electrons. The first-order valence-corrected chi connectivity index (χ1v) is 13.1. The Balaban J connectivity index is 1.84. The summed E-state index contributed by atoms with van der Waals surface area (Å²) in [6.07, 6.45) is 0.301. The quantitative estimate of drug-likeness (QED) is 0.195. The number of halogens is 4. The van der Waals surface area contributed by atoms with Crippen LogP contribution in [0.3, 0.4) is 0 Å². The Morgan fingerprint density at radius 1 is 1.13 bits per heavy atom. The van der Waals surface area contributed by atoms with Crippen molar-refractivity contribution < 1.29 is 31.1 Å². The van der Waals surface area contributed by atoms with Crippen LogP contribution in [-0.2, 0) is 22.7 Å². The molecule has 0 aliphatic heterocycles. The summed E-state index contributed by atoms with van der Waals surface area (Å²) in [6, 6.07) is 3.07. The predicted molar refractivity (Wildman–Crippen MR) is 132 cm³/mol. The molecule has 0 aliphatic rings. The highest BCUT2D eigenvalue weighted by molar-refractivity contribution is 7.89. The van der Waals surface area contributed by atoms with Gasteiger partial charge in [-0.3, -0.25) is 4.68 Å². The average Bonchev–Trinajstić information content (AvgIpc) is 3.26. The van der Waals surface area contributed by atoms with Crippen molar-refractivity contribution in [3.05, 3.63) is 48.2 Å². The summed E-state index contributed by atoms with van der Waals surface area (Å²) in [5, 5.41) is 16.4. The monoisotopic (exact) mass is 559 g/mol. The van der Waals surface area contributed by atoms with Crippen LogP contribution in [-0.4, -0.2) is 52.0 Å². The molecule has 2 heterocycles. The van der Waals surface area contributed by atoms with Gasteiger partial charge < -0.3 is 16.2 Å². The number of unbranched alkanes of at least 4 members (excludes halogenated alkanes) is 2. The Labute approximate surface area is 217 Å². The summed E-state index contributed by atoms with van der Waals surface area (Å²) in [5.41, 5.74) is 2.37. The highest BCUT2D eigenvalue weighted by Gasteiger charge is 2.36. The molecule has 0 radical (unpaired) electrons. The summed E-state index contributed by atoms with van der Waals surface area (Å²) in [5.74, 6) is -1.32. The van der Waals surface area contributed by atoms with Gasteiger partial charge in [-0.05, 0) is 51.4 Å². The SMILES string of the molecule is CC(C)(O)Cn1cc(-c2nc(Nc3ccc(S(=O)(=O)NCCCCCN)cc3F)ncc2C(F)(F)F)cn1. The number of anilines is 2. The number of hydrogen-bond acceptors (Lipinski definition) is 8. The third kappa shape index (κ3) is 7.93. The fourth-order valence-electron chi connectivity index (χ4n) is 3.46. The first kappa shape index (κ1) is 29.4. The normalized spacial score (nSPS) is 12.6. The van der Waals surface area contributed by atoms with Crippen LogP contribution in [0.1, 0.15) is 38.7 Å². The van der Waals surface area contributed by atoms with Crippen molar-refractivity contribution in [1.82, 2.24) is 24.5 Å². The van der Waals surface area contributed by atoms with Gasteiger partial charge in [0.1, 0.15) is 11.4 Å². The van der Waals surface area contributed by atoms with Gasteiger partial charge in [-0.25, -0.2) is 27.5 Å². The number of aromatic nitrogens is 4. The number of nitrogens with two attached hydrogens (primary N) is 1. The van der Waals surface area contributed by atoms with Crippen LogP contribution >= 0.6 is 0 Å². The Kier molecular flexibility index (Phi) is 9.07. The van der Waals surface area contributed by atoms with Crippen molar-refractivity contribution in [2.45, 2.75) is 56.3 Å². The van der Waals surface area contributed by atoms with E-state index in [4.69, 9.17) is 5.73 Å². The number of benzene rings is 1. The number of nitrogens with one attached hydrogen (secondary N) is 2. The van der Waals surface area contributed by atoms with E-state index in [0.29, 0.717) is 19.2 Å². The van der Waals surface area contributed by atoms with Crippen molar-refractivity contribution >= 4 is 21.7 Å². The standard InChI is InChI=1S/C23H29F4N7O3S/c1-22(2,35)14-34-13-15(11-30-34)20-17(23(25,26)27)12-29-21(33-20)32-19-7-6-16(10-18(19)24)38(36,37)31-9-5-3-4-8-28/h6-7,10-13,31,35H,3-5,8-9,14,28H2,1-2H3,(H,29,32,33). The van der Waals surface area contributed by atoms with Crippen LogP contribution in [0.25, 0.3) is 11.3 Å². The van der Waals surface area contributed by atoms with Crippen molar-refractivity contribution in [3.8, 4) is 11.3 Å². The molecular weight excluding hydrogens is 530 g/mol. The van der Waals surface area contributed by atoms with Gasteiger partial charge in [-0.1, -0.05) is 6.42 Å². The van der Waals surface area contributed by atoms with Gasteiger partial charge in [0.2, 0.25) is 16.0 Å². The highest BCUT2D eigenvalue weighted by Crippen LogP contribution is 2.36. The molecule has 0 aliphatic carbocycles. The summed E-state index contributed by atoms with van der Waals surface area (Å²) in [4.78, 5) is 7.27. The van der Waals surface area contributed by atoms with Gasteiger partial charge in [0.15, 0.2) is 0 Å². The fourth-order valence-corrected chi connectivity index (χ4v) is 4.54. The lowest BCUT2D eigenvalue weighted by Crippen LogP contribution is -2.26. The number of sulfonamides is 1. The second-order valence-electron chi connectivity index (χ2n) is 9.21. The molecule has 0 saturated carbocycles. The molecule has 0 saturated heterocycles. The second-order valence-corrected chi connectivity index (χ2v) is 11.0. The molecule has 0 bridgehead atoms. The summed E-state index contributed by atoms with van der Waals surface area (Å²) < 4.78 is 84.2.